The summed E-state index contributed by atoms with van der Waals surface area (Å²) >= 11 is 4.80. The second-order valence-corrected chi connectivity index (χ2v) is 4.85. The number of aromatic amines is 1. The minimum Gasteiger partial charge on any atom is -0.353 e. The van der Waals surface area contributed by atoms with Crippen molar-refractivity contribution in [2.45, 2.75) is 0 Å². The van der Waals surface area contributed by atoms with Crippen LogP contribution in [-0.4, -0.2) is 16.7 Å². The molecule has 0 aliphatic carbocycles. The van der Waals surface area contributed by atoms with Gasteiger partial charge in [-0.25, -0.2) is 0 Å². The monoisotopic (exact) mass is 383 g/mol. The number of H-pyrrole nitrogens is 1. The van der Waals surface area contributed by atoms with E-state index in [-0.39, 0.29) is 50.7 Å². The van der Waals surface area contributed by atoms with Crippen molar-refractivity contribution in [2.24, 2.45) is 0 Å². The van der Waals surface area contributed by atoms with Gasteiger partial charge in [-0.3, -0.25) is 0 Å². The summed E-state index contributed by atoms with van der Waals surface area (Å²) in [5.41, 5.74) is 0. The van der Waals surface area contributed by atoms with E-state index in [2.05, 4.69) is 26.1 Å². The molecule has 0 bridgehead atoms. The zero-order valence-corrected chi connectivity index (χ0v) is 16.5. The molecule has 0 atom stereocenters. The molecule has 0 fully saturated rings. The van der Waals surface area contributed by atoms with Crippen molar-refractivity contribution in [3.8, 4) is 0 Å². The molecule has 0 radical (unpaired) electrons. The molecule has 0 aromatic carbocycles. The Hall–Kier alpha value is 1.58. The minimum atomic E-state index is 0. The molecule has 1 aromatic heterocycles. The minimum absolute atomic E-state index is 0. The van der Waals surface area contributed by atoms with E-state index in [1.54, 1.807) is 0 Å². The summed E-state index contributed by atoms with van der Waals surface area (Å²) in [7, 11) is 8.54. The molecule has 1 aromatic rings. The van der Waals surface area contributed by atoms with Crippen LogP contribution >= 0.6 is 33.3 Å². The van der Waals surface area contributed by atoms with Crippen LogP contribution in [0.1, 0.15) is 0 Å². The zero-order chi connectivity index (χ0) is 7.82. The van der Waals surface area contributed by atoms with Gasteiger partial charge in [0.2, 0.25) is 0 Å². The third-order valence-corrected chi connectivity index (χ3v) is 0.934. The van der Waals surface area contributed by atoms with E-state index in [0.717, 1.165) is 4.64 Å². The summed E-state index contributed by atoms with van der Waals surface area (Å²) in [6.45, 7) is 0. The summed E-state index contributed by atoms with van der Waals surface area (Å²) < 4.78 is 0.780. The quantitative estimate of drug-likeness (QED) is 0.547. The molecule has 1 rings (SSSR count). The molecule has 0 aliphatic heterocycles. The summed E-state index contributed by atoms with van der Waals surface area (Å²) in [5.74, 6) is 0. The SMILES string of the molecule is S=[Se]=S.S=c1cccc[nH]1.[Zn].[Zn]. The smallest absolute Gasteiger partial charge is 0.103 e. The van der Waals surface area contributed by atoms with E-state index < -0.39 is 0 Å². The van der Waals surface area contributed by atoms with Gasteiger partial charge in [0.05, 0.1) is 0 Å². The normalized spacial score (nSPS) is 6.00. The molecule has 0 saturated heterocycles. The topological polar surface area (TPSA) is 15.8 Å². The van der Waals surface area contributed by atoms with Crippen molar-refractivity contribution in [3.63, 3.8) is 0 Å². The van der Waals surface area contributed by atoms with Gasteiger partial charge in [0.1, 0.15) is 4.64 Å². The van der Waals surface area contributed by atoms with Crippen molar-refractivity contribution >= 4 is 45.0 Å². The molecule has 0 aliphatic rings. The van der Waals surface area contributed by atoms with Gasteiger partial charge in [-0.1, -0.05) is 18.3 Å². The third-order valence-electron chi connectivity index (χ3n) is 0.681. The molecule has 1 heterocycles. The molecule has 0 spiro atoms. The molecule has 1 nitrogen and oxygen atoms in total. The summed E-state index contributed by atoms with van der Waals surface area (Å²) in [5, 5.41) is 0. The van der Waals surface area contributed by atoms with Crippen LogP contribution in [0.3, 0.4) is 0 Å². The predicted octanol–water partition coefficient (Wildman–Crippen LogP) is 2.65. The fraction of sp³-hybridized carbons (Fsp3) is 0. The van der Waals surface area contributed by atoms with E-state index >= 15 is 0 Å². The van der Waals surface area contributed by atoms with E-state index in [9.17, 15) is 0 Å². The Morgan fingerprint density at radius 1 is 1.17 bits per heavy atom. The number of aromatic nitrogens is 1. The maximum absolute atomic E-state index is 4.76. The summed E-state index contributed by atoms with van der Waals surface area (Å²) in [6, 6.07) is 5.64. The summed E-state index contributed by atoms with van der Waals surface area (Å²) in [4.78, 5) is 2.85. The number of rotatable bonds is 0. The van der Waals surface area contributed by atoms with E-state index in [0.29, 0.717) is 0 Å². The molecular weight excluding hydrogens is 380 g/mol. The van der Waals surface area contributed by atoms with Gasteiger partial charge in [-0.2, -0.15) is 0 Å². The fourth-order valence-corrected chi connectivity index (χ4v) is 0.523. The van der Waals surface area contributed by atoms with Crippen molar-refractivity contribution in [3.05, 3.63) is 29.0 Å². The largest absolute Gasteiger partial charge is 0.353 e. The van der Waals surface area contributed by atoms with E-state index in [1.807, 2.05) is 24.4 Å². The fourth-order valence-electron chi connectivity index (χ4n) is 0.377. The first-order valence-corrected chi connectivity index (χ1v) is 7.64. The van der Waals surface area contributed by atoms with Crippen molar-refractivity contribution < 1.29 is 39.0 Å². The van der Waals surface area contributed by atoms with Gasteiger partial charge in [0, 0.05) is 45.2 Å². The molecule has 0 unspecified atom stereocenters. The van der Waals surface area contributed by atoms with Crippen LogP contribution in [0.5, 0.6) is 0 Å². The zero-order valence-electron chi connectivity index (χ0n) is 6.36. The Labute approximate surface area is 117 Å². The molecule has 0 saturated carbocycles. The first kappa shape index (κ1) is 19.2. The molecule has 58 valence electrons. The Bertz CT molecular complexity index is 254. The second-order valence-electron chi connectivity index (χ2n) is 1.29. The van der Waals surface area contributed by atoms with Gasteiger partial charge < -0.3 is 4.98 Å². The van der Waals surface area contributed by atoms with Crippen molar-refractivity contribution in [2.75, 3.05) is 0 Å². The van der Waals surface area contributed by atoms with Gasteiger partial charge in [-0.05, 0) is 12.1 Å². The first-order chi connectivity index (χ1) is 4.81. The van der Waals surface area contributed by atoms with Crippen LogP contribution in [0.15, 0.2) is 24.4 Å². The average molecular weight is 385 g/mol. The Morgan fingerprint density at radius 3 is 1.83 bits per heavy atom. The van der Waals surface area contributed by atoms with Crippen LogP contribution < -0.4 is 0 Å². The third kappa shape index (κ3) is 14.1. The van der Waals surface area contributed by atoms with Crippen molar-refractivity contribution in [1.29, 1.82) is 0 Å². The Balaban J connectivity index is -0.000000146. The predicted molar refractivity (Wildman–Crippen MR) is 52.6 cm³/mol. The number of pyridine rings is 1. The molecule has 1 N–H and O–H groups in total. The maximum atomic E-state index is 4.76. The molecule has 12 heavy (non-hydrogen) atoms. The number of hydrogen-bond donors (Lipinski definition) is 1. The van der Waals surface area contributed by atoms with Gasteiger partial charge in [0.25, 0.3) is 0 Å². The van der Waals surface area contributed by atoms with Gasteiger partial charge in [-0.15, -0.1) is 0 Å². The number of hydrogen-bond acceptors (Lipinski definition) is 3. The van der Waals surface area contributed by atoms with Gasteiger partial charge >= 0.3 is 32.8 Å². The first-order valence-electron chi connectivity index (χ1n) is 2.36. The van der Waals surface area contributed by atoms with Crippen LogP contribution in [0.25, 0.3) is 0 Å². The molecule has 7 heteroatoms. The van der Waals surface area contributed by atoms with Crippen LogP contribution in [0, 0.1) is 4.64 Å². The van der Waals surface area contributed by atoms with E-state index in [1.165, 1.54) is 0 Å². The standard InChI is InChI=1S/C5H5NS.S2Se.2Zn/c7-5-3-1-2-4-6-5;1-3-2;;/h1-4H,(H,6,7);;;. The average Bonchev–Trinajstić information content (AvgIpc) is 1.91. The van der Waals surface area contributed by atoms with Gasteiger partial charge in [0.15, 0.2) is 0 Å². The Kier molecular flexibility index (Phi) is 24.1. The molecular formula is C5H5NS3SeZn2. The van der Waals surface area contributed by atoms with Crippen molar-refractivity contribution in [1.82, 2.24) is 4.98 Å². The van der Waals surface area contributed by atoms with Crippen LogP contribution in [0.2, 0.25) is 0 Å². The van der Waals surface area contributed by atoms with E-state index in [4.69, 9.17) is 12.2 Å². The molecule has 0 amide bonds. The Morgan fingerprint density at radius 2 is 1.67 bits per heavy atom. The van der Waals surface area contributed by atoms with Crippen LogP contribution in [0.4, 0.5) is 0 Å². The second kappa shape index (κ2) is 15.1. The summed E-state index contributed by atoms with van der Waals surface area (Å²) in [6.07, 6.45) is 1.81. The maximum Gasteiger partial charge on any atom is 0.103 e. The number of nitrogens with one attached hydrogen (secondary N) is 1. The van der Waals surface area contributed by atoms with Crippen LogP contribution in [-0.2, 0) is 39.0 Å².